The first-order chi connectivity index (χ1) is 11.9. The van der Waals surface area contributed by atoms with Gasteiger partial charge in [-0.3, -0.25) is 0 Å². The third-order valence-electron chi connectivity index (χ3n) is 5.64. The lowest BCUT2D eigenvalue weighted by atomic mass is 9.72. The molecule has 0 bridgehead atoms. The van der Waals surface area contributed by atoms with E-state index in [0.29, 0.717) is 6.42 Å². The predicted octanol–water partition coefficient (Wildman–Crippen LogP) is 7.07. The van der Waals surface area contributed by atoms with Gasteiger partial charge in [-0.25, -0.2) is 0 Å². The Morgan fingerprint density at radius 1 is 0.960 bits per heavy atom. The van der Waals surface area contributed by atoms with Gasteiger partial charge in [-0.2, -0.15) is 0 Å². The van der Waals surface area contributed by atoms with Crippen molar-refractivity contribution in [3.05, 3.63) is 58.7 Å². The molecular weight excluding hydrogens is 304 g/mol. The molecule has 140 valence electrons. The maximum atomic E-state index is 11.7. The first-order valence-electron chi connectivity index (χ1n) is 9.94. The summed E-state index contributed by atoms with van der Waals surface area (Å²) < 4.78 is 0. The molecule has 2 unspecified atom stereocenters. The van der Waals surface area contributed by atoms with E-state index in [1.807, 2.05) is 0 Å². The molecule has 1 rings (SSSR count). The van der Waals surface area contributed by atoms with Crippen molar-refractivity contribution in [1.82, 2.24) is 0 Å². The second-order valence-electron chi connectivity index (χ2n) is 7.46. The first-order valence-corrected chi connectivity index (χ1v) is 9.94. The van der Waals surface area contributed by atoms with Crippen LogP contribution in [0.2, 0.25) is 0 Å². The summed E-state index contributed by atoms with van der Waals surface area (Å²) in [7, 11) is 0. The van der Waals surface area contributed by atoms with Crippen molar-refractivity contribution in [2.24, 2.45) is 5.92 Å². The monoisotopic (exact) mass is 342 g/mol. The van der Waals surface area contributed by atoms with Gasteiger partial charge in [0.05, 0.1) is 5.60 Å². The Kier molecular flexibility index (Phi) is 9.21. The lowest BCUT2D eigenvalue weighted by Crippen LogP contribution is -2.40. The van der Waals surface area contributed by atoms with E-state index in [1.54, 1.807) is 0 Å². The van der Waals surface area contributed by atoms with Gasteiger partial charge >= 0.3 is 0 Å². The Morgan fingerprint density at radius 2 is 1.52 bits per heavy atom. The molecule has 1 aliphatic rings. The molecule has 25 heavy (non-hydrogen) atoms. The number of hydrogen-bond donors (Lipinski definition) is 1. The van der Waals surface area contributed by atoms with Crippen LogP contribution in [0.15, 0.2) is 58.7 Å². The van der Waals surface area contributed by atoms with Crippen LogP contribution in [0.5, 0.6) is 0 Å². The van der Waals surface area contributed by atoms with E-state index < -0.39 is 5.60 Å². The largest absolute Gasteiger partial charge is 0.385 e. The zero-order chi connectivity index (χ0) is 18.9. The summed E-state index contributed by atoms with van der Waals surface area (Å²) in [6.45, 7) is 13.0. The summed E-state index contributed by atoms with van der Waals surface area (Å²) in [4.78, 5) is 0. The van der Waals surface area contributed by atoms with Crippen LogP contribution in [-0.2, 0) is 0 Å². The molecule has 0 amide bonds. The maximum Gasteiger partial charge on any atom is 0.0962 e. The third-order valence-corrected chi connectivity index (χ3v) is 5.64. The molecule has 1 aliphatic carbocycles. The van der Waals surface area contributed by atoms with E-state index in [-0.39, 0.29) is 5.92 Å². The highest BCUT2D eigenvalue weighted by molar-refractivity contribution is 5.34. The molecule has 1 N–H and O–H groups in total. The van der Waals surface area contributed by atoms with Crippen molar-refractivity contribution in [3.8, 4) is 0 Å². The van der Waals surface area contributed by atoms with E-state index in [9.17, 15) is 5.11 Å². The molecule has 0 fully saturated rings. The van der Waals surface area contributed by atoms with Crippen LogP contribution in [0.3, 0.4) is 0 Å². The Hall–Kier alpha value is -1.34. The number of rotatable bonds is 9. The van der Waals surface area contributed by atoms with Gasteiger partial charge in [-0.15, -0.1) is 0 Å². The van der Waals surface area contributed by atoms with Gasteiger partial charge in [0.2, 0.25) is 0 Å². The lowest BCUT2D eigenvalue weighted by molar-refractivity contribution is 0.0357. The van der Waals surface area contributed by atoms with Crippen LogP contribution < -0.4 is 0 Å². The topological polar surface area (TPSA) is 20.2 Å². The molecular formula is C24H38O. The Morgan fingerprint density at radius 3 is 2.12 bits per heavy atom. The highest BCUT2D eigenvalue weighted by Crippen LogP contribution is 2.39. The van der Waals surface area contributed by atoms with Crippen molar-refractivity contribution in [2.45, 2.75) is 85.7 Å². The Labute approximate surface area is 155 Å². The minimum absolute atomic E-state index is 0.144. The highest BCUT2D eigenvalue weighted by atomic mass is 16.3. The van der Waals surface area contributed by atoms with Crippen molar-refractivity contribution in [1.29, 1.82) is 0 Å². The van der Waals surface area contributed by atoms with Crippen molar-refractivity contribution >= 4 is 0 Å². The molecule has 0 aromatic heterocycles. The van der Waals surface area contributed by atoms with Crippen LogP contribution in [0.1, 0.15) is 80.1 Å². The SMILES string of the molecule is CCC(C)=CCC1=CC=CC(CC=C(C)CC)C1(O)CC=C(C)CC. The summed E-state index contributed by atoms with van der Waals surface area (Å²) in [5.74, 6) is 0.144. The van der Waals surface area contributed by atoms with Gasteiger partial charge in [0.1, 0.15) is 0 Å². The molecule has 0 radical (unpaired) electrons. The predicted molar refractivity (Wildman–Crippen MR) is 112 cm³/mol. The molecule has 1 heteroatoms. The molecule has 0 aromatic carbocycles. The molecule has 0 aliphatic heterocycles. The average Bonchev–Trinajstić information content (AvgIpc) is 2.63. The summed E-state index contributed by atoms with van der Waals surface area (Å²) in [5.41, 5.74) is 4.50. The smallest absolute Gasteiger partial charge is 0.0962 e. The van der Waals surface area contributed by atoms with Gasteiger partial charge in [-0.05, 0) is 64.9 Å². The van der Waals surface area contributed by atoms with Crippen molar-refractivity contribution in [2.75, 3.05) is 0 Å². The molecule has 0 spiro atoms. The third kappa shape index (κ3) is 6.47. The molecule has 0 aromatic rings. The number of hydrogen-bond acceptors (Lipinski definition) is 1. The van der Waals surface area contributed by atoms with E-state index in [1.165, 1.54) is 16.7 Å². The fourth-order valence-electron chi connectivity index (χ4n) is 3.02. The number of allylic oxidation sites excluding steroid dienone is 7. The van der Waals surface area contributed by atoms with E-state index in [4.69, 9.17) is 0 Å². The van der Waals surface area contributed by atoms with Gasteiger partial charge in [-0.1, -0.05) is 73.9 Å². The molecule has 1 nitrogen and oxygen atoms in total. The molecule has 0 heterocycles. The van der Waals surface area contributed by atoms with Gasteiger partial charge < -0.3 is 5.11 Å². The Bertz CT molecular complexity index is 571. The van der Waals surface area contributed by atoms with Crippen molar-refractivity contribution in [3.63, 3.8) is 0 Å². The average molecular weight is 343 g/mol. The van der Waals surface area contributed by atoms with Crippen LogP contribution in [-0.4, -0.2) is 10.7 Å². The van der Waals surface area contributed by atoms with E-state index in [0.717, 1.165) is 37.7 Å². The lowest BCUT2D eigenvalue weighted by Gasteiger charge is -2.38. The minimum Gasteiger partial charge on any atom is -0.385 e. The molecule has 0 saturated carbocycles. The van der Waals surface area contributed by atoms with Crippen LogP contribution in [0, 0.1) is 5.92 Å². The van der Waals surface area contributed by atoms with Gasteiger partial charge in [0.25, 0.3) is 0 Å². The second-order valence-corrected chi connectivity index (χ2v) is 7.46. The summed E-state index contributed by atoms with van der Waals surface area (Å²) >= 11 is 0. The van der Waals surface area contributed by atoms with Gasteiger partial charge in [0, 0.05) is 5.92 Å². The zero-order valence-electron chi connectivity index (χ0n) is 17.2. The highest BCUT2D eigenvalue weighted by Gasteiger charge is 2.38. The fourth-order valence-corrected chi connectivity index (χ4v) is 3.02. The standard InChI is InChI=1S/C24H38O/c1-7-19(4)13-15-22-11-10-12-23(16-14-20(5)8-2)24(22,25)18-17-21(6)9-3/h10-14,17,22,25H,7-9,15-16,18H2,1-6H3. The van der Waals surface area contributed by atoms with Crippen LogP contribution >= 0.6 is 0 Å². The van der Waals surface area contributed by atoms with Gasteiger partial charge in [0.15, 0.2) is 0 Å². The normalized spacial score (nSPS) is 25.3. The quantitative estimate of drug-likeness (QED) is 0.444. The molecule has 2 atom stereocenters. The van der Waals surface area contributed by atoms with E-state index in [2.05, 4.69) is 78.0 Å². The Balaban J connectivity index is 3.11. The summed E-state index contributed by atoms with van der Waals surface area (Å²) in [5, 5.41) is 11.7. The maximum absolute atomic E-state index is 11.7. The van der Waals surface area contributed by atoms with Crippen molar-refractivity contribution < 1.29 is 5.11 Å². The molecule has 0 saturated heterocycles. The fraction of sp³-hybridized carbons (Fsp3) is 0.583. The first kappa shape index (κ1) is 21.7. The second kappa shape index (κ2) is 10.6. The summed E-state index contributed by atoms with van der Waals surface area (Å²) in [6.07, 6.45) is 18.9. The summed E-state index contributed by atoms with van der Waals surface area (Å²) in [6, 6.07) is 0. The zero-order valence-corrected chi connectivity index (χ0v) is 17.2. The minimum atomic E-state index is -0.778. The number of aliphatic hydroxyl groups is 1. The van der Waals surface area contributed by atoms with Crippen LogP contribution in [0.25, 0.3) is 0 Å². The van der Waals surface area contributed by atoms with E-state index >= 15 is 0 Å². The van der Waals surface area contributed by atoms with Crippen LogP contribution in [0.4, 0.5) is 0 Å².